The summed E-state index contributed by atoms with van der Waals surface area (Å²) in [7, 11) is 3.45. The van der Waals surface area contributed by atoms with E-state index in [0.29, 0.717) is 9.20 Å². The van der Waals surface area contributed by atoms with Crippen LogP contribution >= 0.6 is 11.3 Å². The molecule has 0 spiro atoms. The molecule has 0 saturated carbocycles. The van der Waals surface area contributed by atoms with Crippen LogP contribution in [0.3, 0.4) is 0 Å². The SMILES string of the molecule is Cn1cc(/C=c2/s/c(=C\C(=O)c3ccco3)n(C)c2=O)cn1. The smallest absolute Gasteiger partial charge is 0.268 e. The average molecular weight is 315 g/mol. The standard InChI is InChI=1S/C15H13N3O3S/c1-17-9-10(8-16-17)6-13-15(20)18(2)14(22-13)7-11(19)12-4-3-5-21-12/h3-9H,1-2H3/b13-6+,14-7-. The first kappa shape index (κ1) is 14.3. The van der Waals surface area contributed by atoms with E-state index in [1.807, 2.05) is 13.2 Å². The number of hydrogen-bond donors (Lipinski definition) is 0. The first-order chi connectivity index (χ1) is 10.5. The second-order valence-corrected chi connectivity index (χ2v) is 5.81. The Bertz CT molecular complexity index is 990. The Kier molecular flexibility index (Phi) is 3.64. The summed E-state index contributed by atoms with van der Waals surface area (Å²) in [4.78, 5) is 24.3. The van der Waals surface area contributed by atoms with E-state index >= 15 is 0 Å². The molecule has 0 aromatic carbocycles. The topological polar surface area (TPSA) is 70.0 Å². The lowest BCUT2D eigenvalue weighted by atomic mass is 10.3. The van der Waals surface area contributed by atoms with Gasteiger partial charge in [0.2, 0.25) is 5.78 Å². The Labute approximate surface area is 129 Å². The van der Waals surface area contributed by atoms with Crippen LogP contribution in [0.25, 0.3) is 12.2 Å². The molecule has 0 radical (unpaired) electrons. The number of aryl methyl sites for hydroxylation is 1. The predicted octanol–water partition coefficient (Wildman–Crippen LogP) is 0.266. The van der Waals surface area contributed by atoms with Crippen LogP contribution in [0.4, 0.5) is 0 Å². The molecule has 0 aliphatic rings. The molecule has 112 valence electrons. The maximum atomic E-state index is 12.2. The van der Waals surface area contributed by atoms with Crippen molar-refractivity contribution in [3.63, 3.8) is 0 Å². The van der Waals surface area contributed by atoms with Gasteiger partial charge < -0.3 is 8.98 Å². The van der Waals surface area contributed by atoms with Crippen molar-refractivity contribution in [2.45, 2.75) is 0 Å². The highest BCUT2D eigenvalue weighted by Gasteiger charge is 2.07. The molecule has 0 N–H and O–H groups in total. The number of thiazole rings is 1. The summed E-state index contributed by atoms with van der Waals surface area (Å²) in [6, 6.07) is 3.24. The van der Waals surface area contributed by atoms with E-state index in [9.17, 15) is 9.59 Å². The third-order valence-electron chi connectivity index (χ3n) is 3.10. The van der Waals surface area contributed by atoms with Crippen molar-refractivity contribution >= 4 is 29.3 Å². The van der Waals surface area contributed by atoms with Crippen LogP contribution in [0.1, 0.15) is 16.1 Å². The molecule has 0 amide bonds. The lowest BCUT2D eigenvalue weighted by molar-refractivity contribution is 0.103. The highest BCUT2D eigenvalue weighted by Crippen LogP contribution is 2.01. The maximum Gasteiger partial charge on any atom is 0.268 e. The van der Waals surface area contributed by atoms with Crippen molar-refractivity contribution in [3.05, 3.63) is 61.7 Å². The Hall–Kier alpha value is -2.67. The first-order valence-corrected chi connectivity index (χ1v) is 7.32. The quantitative estimate of drug-likeness (QED) is 0.650. The summed E-state index contributed by atoms with van der Waals surface area (Å²) in [5, 5.41) is 4.06. The molecule has 3 heterocycles. The minimum Gasteiger partial charge on any atom is -0.461 e. The molecular weight excluding hydrogens is 302 g/mol. The molecule has 0 aliphatic heterocycles. The number of nitrogens with zero attached hydrogens (tertiary/aromatic N) is 3. The first-order valence-electron chi connectivity index (χ1n) is 6.50. The van der Waals surface area contributed by atoms with Crippen molar-refractivity contribution in [1.29, 1.82) is 0 Å². The van der Waals surface area contributed by atoms with Crippen LogP contribution in [-0.4, -0.2) is 20.1 Å². The fourth-order valence-corrected chi connectivity index (χ4v) is 3.01. The molecule has 0 unspecified atom stereocenters. The summed E-state index contributed by atoms with van der Waals surface area (Å²) in [6.45, 7) is 0. The molecule has 22 heavy (non-hydrogen) atoms. The molecule has 0 bridgehead atoms. The maximum absolute atomic E-state index is 12.2. The third-order valence-corrected chi connectivity index (χ3v) is 4.21. The molecule has 0 fully saturated rings. The monoisotopic (exact) mass is 315 g/mol. The normalized spacial score (nSPS) is 13.0. The Morgan fingerprint density at radius 3 is 2.86 bits per heavy atom. The van der Waals surface area contributed by atoms with E-state index < -0.39 is 0 Å². The number of Topliss-reactive ketones (excluding diaryl/α,β-unsaturated/α-hetero) is 1. The molecule has 0 saturated heterocycles. The van der Waals surface area contributed by atoms with E-state index in [-0.39, 0.29) is 17.1 Å². The lowest BCUT2D eigenvalue weighted by Gasteiger charge is -1.89. The number of hydrogen-bond acceptors (Lipinski definition) is 5. The van der Waals surface area contributed by atoms with Gasteiger partial charge in [-0.1, -0.05) is 0 Å². The van der Waals surface area contributed by atoms with Crippen LogP contribution in [0.15, 0.2) is 40.0 Å². The van der Waals surface area contributed by atoms with Gasteiger partial charge in [0.05, 0.1) is 17.0 Å². The van der Waals surface area contributed by atoms with Gasteiger partial charge in [-0.05, 0) is 18.2 Å². The number of carbonyl (C=O) groups is 1. The van der Waals surface area contributed by atoms with E-state index in [0.717, 1.165) is 5.56 Å². The molecule has 3 aromatic rings. The van der Waals surface area contributed by atoms with Gasteiger partial charge in [-0.15, -0.1) is 11.3 Å². The van der Waals surface area contributed by atoms with Gasteiger partial charge in [0.1, 0.15) is 4.66 Å². The minimum absolute atomic E-state index is 0.146. The van der Waals surface area contributed by atoms with Crippen molar-refractivity contribution in [3.8, 4) is 0 Å². The number of rotatable bonds is 3. The highest BCUT2D eigenvalue weighted by atomic mass is 32.1. The Morgan fingerprint density at radius 2 is 2.23 bits per heavy atom. The van der Waals surface area contributed by atoms with E-state index in [2.05, 4.69) is 5.10 Å². The second kappa shape index (κ2) is 5.61. The lowest BCUT2D eigenvalue weighted by Crippen LogP contribution is -2.29. The molecule has 0 atom stereocenters. The van der Waals surface area contributed by atoms with Gasteiger partial charge >= 0.3 is 0 Å². The second-order valence-electron chi connectivity index (χ2n) is 4.75. The summed E-state index contributed by atoms with van der Waals surface area (Å²) in [5.41, 5.74) is 0.692. The zero-order chi connectivity index (χ0) is 15.7. The zero-order valence-corrected chi connectivity index (χ0v) is 12.8. The third kappa shape index (κ3) is 2.71. The summed E-state index contributed by atoms with van der Waals surface area (Å²) in [6.07, 6.45) is 8.10. The van der Waals surface area contributed by atoms with Gasteiger partial charge in [0.25, 0.3) is 5.56 Å². The summed E-state index contributed by atoms with van der Waals surface area (Å²) < 4.78 is 9.30. The molecule has 6 nitrogen and oxygen atoms in total. The van der Waals surface area contributed by atoms with Crippen LogP contribution in [0.2, 0.25) is 0 Å². The Balaban J connectivity index is 2.08. The predicted molar refractivity (Wildman–Crippen MR) is 83.1 cm³/mol. The number of ketones is 1. The number of furan rings is 1. The number of carbonyl (C=O) groups excluding carboxylic acids is 1. The number of aromatic nitrogens is 3. The molecular formula is C15H13N3O3S. The van der Waals surface area contributed by atoms with Crippen molar-refractivity contribution < 1.29 is 9.21 Å². The van der Waals surface area contributed by atoms with Crippen molar-refractivity contribution in [2.24, 2.45) is 14.1 Å². The average Bonchev–Trinajstić information content (AvgIpc) is 3.19. The van der Waals surface area contributed by atoms with Gasteiger partial charge in [-0.2, -0.15) is 5.10 Å². The van der Waals surface area contributed by atoms with Gasteiger partial charge in [0.15, 0.2) is 5.76 Å². The van der Waals surface area contributed by atoms with Crippen LogP contribution < -0.4 is 14.8 Å². The minimum atomic E-state index is -0.269. The molecule has 0 aliphatic carbocycles. The summed E-state index contributed by atoms with van der Waals surface area (Å²) in [5.74, 6) is -0.0200. The zero-order valence-electron chi connectivity index (χ0n) is 12.0. The Morgan fingerprint density at radius 1 is 1.41 bits per heavy atom. The van der Waals surface area contributed by atoms with E-state index in [1.54, 1.807) is 36.1 Å². The van der Waals surface area contributed by atoms with Crippen LogP contribution in [-0.2, 0) is 14.1 Å². The largest absolute Gasteiger partial charge is 0.461 e. The van der Waals surface area contributed by atoms with Gasteiger partial charge in [0, 0.05) is 31.9 Å². The van der Waals surface area contributed by atoms with E-state index in [1.165, 1.54) is 28.2 Å². The van der Waals surface area contributed by atoms with Crippen molar-refractivity contribution in [1.82, 2.24) is 14.3 Å². The fraction of sp³-hybridized carbons (Fsp3) is 0.133. The van der Waals surface area contributed by atoms with E-state index in [4.69, 9.17) is 4.42 Å². The van der Waals surface area contributed by atoms with Crippen LogP contribution in [0, 0.1) is 0 Å². The summed E-state index contributed by atoms with van der Waals surface area (Å²) >= 11 is 1.26. The van der Waals surface area contributed by atoms with Crippen molar-refractivity contribution in [2.75, 3.05) is 0 Å². The van der Waals surface area contributed by atoms with Crippen LogP contribution in [0.5, 0.6) is 0 Å². The van der Waals surface area contributed by atoms with Gasteiger partial charge in [-0.25, -0.2) is 0 Å². The molecule has 3 rings (SSSR count). The fourth-order valence-electron chi connectivity index (χ4n) is 1.98. The van der Waals surface area contributed by atoms with Gasteiger partial charge in [-0.3, -0.25) is 14.3 Å². The molecule has 7 heteroatoms. The molecule has 3 aromatic heterocycles. The highest BCUT2D eigenvalue weighted by molar-refractivity contribution is 7.07.